The molecule has 0 unspecified atom stereocenters. The Hall–Kier alpha value is -3.13. The molecule has 0 aliphatic rings. The molecular weight excluding hydrogens is 411 g/mol. The molecule has 0 saturated heterocycles. The van der Waals surface area contributed by atoms with E-state index < -0.39 is 0 Å². The Labute approximate surface area is 189 Å². The molecule has 0 aromatic heterocycles. The summed E-state index contributed by atoms with van der Waals surface area (Å²) in [7, 11) is 3.37. The maximum absolute atomic E-state index is 13.2. The van der Waals surface area contributed by atoms with Gasteiger partial charge in [-0.1, -0.05) is 24.3 Å². The highest BCUT2D eigenvalue weighted by Gasteiger charge is 2.07. The van der Waals surface area contributed by atoms with Crippen LogP contribution in [0.4, 0.5) is 4.39 Å². The fraction of sp³-hybridized carbons (Fsp3) is 0.417. The molecule has 7 nitrogen and oxygen atoms in total. The van der Waals surface area contributed by atoms with Gasteiger partial charge < -0.3 is 25.4 Å². The molecule has 0 radical (unpaired) electrons. The van der Waals surface area contributed by atoms with E-state index >= 15 is 0 Å². The lowest BCUT2D eigenvalue weighted by atomic mass is 10.1. The molecule has 0 spiro atoms. The molecule has 0 fully saturated rings. The molecule has 32 heavy (non-hydrogen) atoms. The monoisotopic (exact) mass is 444 g/mol. The minimum Gasteiger partial charge on any atom is -0.493 e. The van der Waals surface area contributed by atoms with Gasteiger partial charge >= 0.3 is 0 Å². The zero-order chi connectivity index (χ0) is 23.2. The van der Waals surface area contributed by atoms with E-state index in [9.17, 15) is 9.18 Å². The van der Waals surface area contributed by atoms with Crippen molar-refractivity contribution in [2.45, 2.75) is 26.3 Å². The second-order valence-electron chi connectivity index (χ2n) is 7.32. The van der Waals surface area contributed by atoms with Gasteiger partial charge in [0.25, 0.3) is 0 Å². The first-order valence-electron chi connectivity index (χ1n) is 10.7. The van der Waals surface area contributed by atoms with Crippen LogP contribution in [0.15, 0.2) is 47.5 Å². The predicted molar refractivity (Wildman–Crippen MR) is 124 cm³/mol. The van der Waals surface area contributed by atoms with Crippen LogP contribution in [0.25, 0.3) is 0 Å². The van der Waals surface area contributed by atoms with Gasteiger partial charge in [0.15, 0.2) is 5.96 Å². The lowest BCUT2D eigenvalue weighted by molar-refractivity contribution is -0.120. The van der Waals surface area contributed by atoms with Gasteiger partial charge in [0, 0.05) is 52.4 Å². The van der Waals surface area contributed by atoms with Crippen LogP contribution in [-0.2, 0) is 22.5 Å². The Morgan fingerprint density at radius 1 is 1.06 bits per heavy atom. The third kappa shape index (κ3) is 9.34. The number of hydrogen-bond acceptors (Lipinski definition) is 4. The Bertz CT molecular complexity index is 889. The number of aryl methyl sites for hydroxylation is 1. The standard InChI is InChI=1S/C24H33FN4O3/c1-18-8-9-20(22(14-18)32-13-5-12-31-3)17-29-24(26-2)28-11-10-27-23(30)16-19-6-4-7-21(25)15-19/h4,6-9,14-15H,5,10-13,16-17H2,1-3H3,(H,27,30)(H2,26,28,29). The van der Waals surface area contributed by atoms with Gasteiger partial charge in [0.2, 0.25) is 5.91 Å². The average Bonchev–Trinajstić information content (AvgIpc) is 2.77. The van der Waals surface area contributed by atoms with Crippen molar-refractivity contribution in [3.05, 3.63) is 65.0 Å². The third-order valence-corrected chi connectivity index (χ3v) is 4.64. The van der Waals surface area contributed by atoms with Gasteiger partial charge in [0.1, 0.15) is 11.6 Å². The van der Waals surface area contributed by atoms with Gasteiger partial charge in [-0.3, -0.25) is 9.79 Å². The van der Waals surface area contributed by atoms with Crippen molar-refractivity contribution in [3.63, 3.8) is 0 Å². The van der Waals surface area contributed by atoms with Crippen LogP contribution in [0.1, 0.15) is 23.1 Å². The van der Waals surface area contributed by atoms with Crippen molar-refractivity contribution in [1.82, 2.24) is 16.0 Å². The fourth-order valence-corrected chi connectivity index (χ4v) is 3.00. The number of carbonyl (C=O) groups excluding carboxylic acids is 1. The number of carbonyl (C=O) groups is 1. The number of aliphatic imine (C=N–C) groups is 1. The van der Waals surface area contributed by atoms with Crippen molar-refractivity contribution in [2.75, 3.05) is 40.5 Å². The second-order valence-corrected chi connectivity index (χ2v) is 7.32. The molecule has 174 valence electrons. The number of hydrogen-bond donors (Lipinski definition) is 3. The Balaban J connectivity index is 1.74. The number of guanidine groups is 1. The van der Waals surface area contributed by atoms with Crippen LogP contribution in [0.2, 0.25) is 0 Å². The Morgan fingerprint density at radius 2 is 1.88 bits per heavy atom. The van der Waals surface area contributed by atoms with Crippen LogP contribution in [0.3, 0.4) is 0 Å². The molecule has 0 aliphatic carbocycles. The number of benzene rings is 2. The van der Waals surface area contributed by atoms with E-state index in [2.05, 4.69) is 20.9 Å². The summed E-state index contributed by atoms with van der Waals surface area (Å²) >= 11 is 0. The van der Waals surface area contributed by atoms with Crippen molar-refractivity contribution in [1.29, 1.82) is 0 Å². The molecule has 3 N–H and O–H groups in total. The predicted octanol–water partition coefficient (Wildman–Crippen LogP) is 2.57. The van der Waals surface area contributed by atoms with Crippen LogP contribution >= 0.6 is 0 Å². The maximum atomic E-state index is 13.2. The largest absolute Gasteiger partial charge is 0.493 e. The number of halogens is 1. The molecule has 0 aliphatic heterocycles. The molecule has 2 aromatic carbocycles. The molecule has 0 bridgehead atoms. The first kappa shape index (κ1) is 25.1. The molecule has 2 aromatic rings. The van der Waals surface area contributed by atoms with Crippen LogP contribution in [0.5, 0.6) is 5.75 Å². The summed E-state index contributed by atoms with van der Waals surface area (Å²) in [5, 5.41) is 9.24. The van der Waals surface area contributed by atoms with Crippen molar-refractivity contribution in [3.8, 4) is 5.75 Å². The summed E-state index contributed by atoms with van der Waals surface area (Å²) in [6.45, 7) is 4.76. The van der Waals surface area contributed by atoms with Gasteiger partial charge in [-0.2, -0.15) is 0 Å². The smallest absolute Gasteiger partial charge is 0.224 e. The lowest BCUT2D eigenvalue weighted by Gasteiger charge is -2.16. The Morgan fingerprint density at radius 3 is 2.62 bits per heavy atom. The van der Waals surface area contributed by atoms with E-state index in [1.165, 1.54) is 12.1 Å². The summed E-state index contributed by atoms with van der Waals surface area (Å²) in [6.07, 6.45) is 0.969. The SMILES string of the molecule is CN=C(NCCNC(=O)Cc1cccc(F)c1)NCc1ccc(C)cc1OCCCOC. The van der Waals surface area contributed by atoms with Crippen LogP contribution in [0, 0.1) is 12.7 Å². The lowest BCUT2D eigenvalue weighted by Crippen LogP contribution is -2.41. The highest BCUT2D eigenvalue weighted by molar-refractivity contribution is 5.80. The topological polar surface area (TPSA) is 84.0 Å². The number of amides is 1. The van der Waals surface area contributed by atoms with E-state index in [1.807, 2.05) is 25.1 Å². The van der Waals surface area contributed by atoms with Crippen molar-refractivity contribution < 1.29 is 18.7 Å². The number of methoxy groups -OCH3 is 1. The number of rotatable bonds is 12. The zero-order valence-electron chi connectivity index (χ0n) is 19.0. The maximum Gasteiger partial charge on any atom is 0.224 e. The summed E-state index contributed by atoms with van der Waals surface area (Å²) < 4.78 is 24.2. The van der Waals surface area contributed by atoms with E-state index in [0.29, 0.717) is 44.4 Å². The molecule has 0 saturated carbocycles. The van der Waals surface area contributed by atoms with Gasteiger partial charge in [-0.15, -0.1) is 0 Å². The van der Waals surface area contributed by atoms with Crippen LogP contribution < -0.4 is 20.7 Å². The van der Waals surface area contributed by atoms with Gasteiger partial charge in [-0.05, 0) is 36.2 Å². The average molecular weight is 445 g/mol. The van der Waals surface area contributed by atoms with E-state index in [1.54, 1.807) is 26.3 Å². The third-order valence-electron chi connectivity index (χ3n) is 4.64. The van der Waals surface area contributed by atoms with E-state index in [0.717, 1.165) is 23.3 Å². The molecule has 1 amide bonds. The summed E-state index contributed by atoms with van der Waals surface area (Å²) in [4.78, 5) is 16.2. The second kappa shape index (κ2) is 14.0. The normalized spacial score (nSPS) is 11.2. The minimum atomic E-state index is -0.344. The highest BCUT2D eigenvalue weighted by atomic mass is 19.1. The quantitative estimate of drug-likeness (QED) is 0.266. The minimum absolute atomic E-state index is 0.144. The summed E-state index contributed by atoms with van der Waals surface area (Å²) in [5.41, 5.74) is 2.80. The zero-order valence-corrected chi connectivity index (χ0v) is 19.0. The first-order chi connectivity index (χ1) is 15.5. The van der Waals surface area contributed by atoms with Crippen LogP contribution in [-0.4, -0.2) is 52.3 Å². The van der Waals surface area contributed by atoms with Gasteiger partial charge in [-0.25, -0.2) is 4.39 Å². The summed E-state index contributed by atoms with van der Waals surface area (Å²) in [6, 6.07) is 12.2. The number of nitrogens with zero attached hydrogens (tertiary/aromatic N) is 1. The number of nitrogens with one attached hydrogen (secondary N) is 3. The molecule has 2 rings (SSSR count). The molecule has 0 atom stereocenters. The van der Waals surface area contributed by atoms with Crippen molar-refractivity contribution >= 4 is 11.9 Å². The first-order valence-corrected chi connectivity index (χ1v) is 10.7. The Kier molecular flexibility index (Phi) is 11.0. The molecular formula is C24H33FN4O3. The fourth-order valence-electron chi connectivity index (χ4n) is 3.00. The molecule has 0 heterocycles. The van der Waals surface area contributed by atoms with E-state index in [-0.39, 0.29) is 18.1 Å². The summed E-state index contributed by atoms with van der Waals surface area (Å²) in [5.74, 6) is 0.961. The highest BCUT2D eigenvalue weighted by Crippen LogP contribution is 2.20. The number of ether oxygens (including phenoxy) is 2. The van der Waals surface area contributed by atoms with E-state index in [4.69, 9.17) is 9.47 Å². The molecule has 8 heteroatoms. The van der Waals surface area contributed by atoms with Gasteiger partial charge in [0.05, 0.1) is 13.0 Å². The van der Waals surface area contributed by atoms with Crippen molar-refractivity contribution in [2.24, 2.45) is 4.99 Å².